The van der Waals surface area contributed by atoms with Crippen molar-refractivity contribution in [1.29, 1.82) is 0 Å². The van der Waals surface area contributed by atoms with E-state index >= 15 is 0 Å². The summed E-state index contributed by atoms with van der Waals surface area (Å²) in [6, 6.07) is 11.2. The van der Waals surface area contributed by atoms with Crippen LogP contribution in [0.3, 0.4) is 0 Å². The van der Waals surface area contributed by atoms with Gasteiger partial charge in [0, 0.05) is 12.6 Å². The number of ether oxygens (including phenoxy) is 1. The maximum atomic E-state index is 6.30. The van der Waals surface area contributed by atoms with Crippen LogP contribution in [0.2, 0.25) is 0 Å². The molecule has 0 heterocycles. The molecule has 1 unspecified atom stereocenters. The molecule has 1 aromatic carbocycles. The second kappa shape index (κ2) is 7.95. The van der Waals surface area contributed by atoms with Crippen LogP contribution >= 0.6 is 0 Å². The van der Waals surface area contributed by atoms with Crippen molar-refractivity contribution in [3.63, 3.8) is 0 Å². The molecular formula is C19H31NO. The molecule has 2 rings (SSSR count). The van der Waals surface area contributed by atoms with Crippen molar-refractivity contribution in [2.45, 2.75) is 64.0 Å². The first-order chi connectivity index (χ1) is 10.2. The Labute approximate surface area is 130 Å². The van der Waals surface area contributed by atoms with Crippen molar-refractivity contribution in [2.24, 2.45) is 5.92 Å². The van der Waals surface area contributed by atoms with Gasteiger partial charge in [-0.1, -0.05) is 37.3 Å². The number of nitrogens with one attached hydrogen (secondary N) is 1. The van der Waals surface area contributed by atoms with Crippen molar-refractivity contribution in [3.05, 3.63) is 35.9 Å². The lowest BCUT2D eigenvalue weighted by atomic mass is 9.74. The van der Waals surface area contributed by atoms with Gasteiger partial charge in [-0.25, -0.2) is 0 Å². The number of aryl methyl sites for hydroxylation is 1. The normalized spacial score (nSPS) is 27.5. The van der Waals surface area contributed by atoms with Crippen LogP contribution in [-0.2, 0) is 11.2 Å². The quantitative estimate of drug-likeness (QED) is 0.812. The van der Waals surface area contributed by atoms with Crippen LogP contribution < -0.4 is 5.32 Å². The van der Waals surface area contributed by atoms with Gasteiger partial charge in [-0.15, -0.1) is 0 Å². The minimum absolute atomic E-state index is 0.0464. The third-order valence-electron chi connectivity index (χ3n) is 5.10. The van der Waals surface area contributed by atoms with E-state index in [4.69, 9.17) is 4.74 Å². The second-order valence-electron chi connectivity index (χ2n) is 6.55. The molecule has 0 radical (unpaired) electrons. The van der Waals surface area contributed by atoms with E-state index in [0.717, 1.165) is 25.4 Å². The number of benzene rings is 1. The van der Waals surface area contributed by atoms with Crippen LogP contribution in [0.4, 0.5) is 0 Å². The molecule has 1 N–H and O–H groups in total. The minimum Gasteiger partial charge on any atom is -0.374 e. The van der Waals surface area contributed by atoms with Crippen LogP contribution in [0.15, 0.2) is 30.3 Å². The minimum atomic E-state index is 0.0464. The van der Waals surface area contributed by atoms with E-state index in [-0.39, 0.29) is 5.60 Å². The van der Waals surface area contributed by atoms with Crippen LogP contribution in [0.5, 0.6) is 0 Å². The van der Waals surface area contributed by atoms with E-state index in [9.17, 15) is 0 Å². The Bertz CT molecular complexity index is 395. The summed E-state index contributed by atoms with van der Waals surface area (Å²) < 4.78 is 6.30. The third-order valence-corrected chi connectivity index (χ3v) is 5.10. The van der Waals surface area contributed by atoms with E-state index in [0.29, 0.717) is 6.04 Å². The zero-order valence-corrected chi connectivity index (χ0v) is 13.9. The highest BCUT2D eigenvalue weighted by Gasteiger charge is 2.41. The van der Waals surface area contributed by atoms with E-state index < -0.39 is 0 Å². The molecule has 0 aliphatic heterocycles. The second-order valence-corrected chi connectivity index (χ2v) is 6.55. The van der Waals surface area contributed by atoms with Crippen LogP contribution in [0.1, 0.15) is 51.5 Å². The molecule has 0 amide bonds. The summed E-state index contributed by atoms with van der Waals surface area (Å²) in [7, 11) is 2.09. The molecule has 0 spiro atoms. The molecule has 0 aromatic heterocycles. The molecule has 0 bridgehead atoms. The first-order valence-corrected chi connectivity index (χ1v) is 8.55. The van der Waals surface area contributed by atoms with Gasteiger partial charge in [-0.2, -0.15) is 0 Å². The first-order valence-electron chi connectivity index (χ1n) is 8.55. The van der Waals surface area contributed by atoms with Gasteiger partial charge in [-0.05, 0) is 64.0 Å². The van der Waals surface area contributed by atoms with Gasteiger partial charge in [-0.3, -0.25) is 0 Å². The van der Waals surface area contributed by atoms with Gasteiger partial charge in [0.2, 0.25) is 0 Å². The van der Waals surface area contributed by atoms with Gasteiger partial charge >= 0.3 is 0 Å². The predicted molar refractivity (Wildman–Crippen MR) is 89.6 cm³/mol. The summed E-state index contributed by atoms with van der Waals surface area (Å²) >= 11 is 0. The summed E-state index contributed by atoms with van der Waals surface area (Å²) in [6.07, 6.45) is 7.25. The van der Waals surface area contributed by atoms with E-state index in [1.165, 1.54) is 31.2 Å². The lowest BCUT2D eigenvalue weighted by Gasteiger charge is -2.45. The Balaban J connectivity index is 2.02. The maximum Gasteiger partial charge on any atom is 0.0834 e. The fraction of sp³-hybridized carbons (Fsp3) is 0.684. The summed E-state index contributed by atoms with van der Waals surface area (Å²) in [6.45, 7) is 5.32. The Morgan fingerprint density at radius 2 is 1.90 bits per heavy atom. The van der Waals surface area contributed by atoms with Gasteiger partial charge < -0.3 is 10.1 Å². The van der Waals surface area contributed by atoms with Crippen LogP contribution in [-0.4, -0.2) is 25.3 Å². The molecule has 1 aliphatic carbocycles. The zero-order valence-electron chi connectivity index (χ0n) is 13.9. The number of likely N-dealkylation sites (N-methyl/N-ethyl adjacent to an activating group) is 1. The van der Waals surface area contributed by atoms with Crippen LogP contribution in [0, 0.1) is 5.92 Å². The van der Waals surface area contributed by atoms with Gasteiger partial charge in [0.1, 0.15) is 0 Å². The molecule has 2 heteroatoms. The van der Waals surface area contributed by atoms with E-state index in [1.54, 1.807) is 0 Å². The SMILES string of the molecule is CCOC1(C(CCc2ccccc2)NC)CCC(C)CC1. The zero-order chi connectivity index (χ0) is 15.1. The van der Waals surface area contributed by atoms with Crippen LogP contribution in [0.25, 0.3) is 0 Å². The summed E-state index contributed by atoms with van der Waals surface area (Å²) in [4.78, 5) is 0. The summed E-state index contributed by atoms with van der Waals surface area (Å²) in [5.41, 5.74) is 1.47. The van der Waals surface area contributed by atoms with E-state index in [1.807, 2.05) is 0 Å². The average Bonchev–Trinajstić information content (AvgIpc) is 2.52. The molecule has 1 atom stereocenters. The number of hydrogen-bond acceptors (Lipinski definition) is 2. The van der Waals surface area contributed by atoms with Crippen molar-refractivity contribution in [2.75, 3.05) is 13.7 Å². The standard InChI is InChI=1S/C19H31NO/c1-4-21-19(14-12-16(2)13-15-19)18(20-3)11-10-17-8-6-5-7-9-17/h5-9,16,18,20H,4,10-15H2,1-3H3. The molecule has 1 saturated carbocycles. The summed E-state index contributed by atoms with van der Waals surface area (Å²) in [5.74, 6) is 0.852. The predicted octanol–water partition coefficient (Wildman–Crippen LogP) is 4.19. The molecular weight excluding hydrogens is 258 g/mol. The lowest BCUT2D eigenvalue weighted by molar-refractivity contribution is -0.0963. The number of rotatable bonds is 7. The molecule has 2 nitrogen and oxygen atoms in total. The van der Waals surface area contributed by atoms with Crippen molar-refractivity contribution >= 4 is 0 Å². The monoisotopic (exact) mass is 289 g/mol. The van der Waals surface area contributed by atoms with Crippen molar-refractivity contribution < 1.29 is 4.74 Å². The molecule has 1 fully saturated rings. The highest BCUT2D eigenvalue weighted by molar-refractivity contribution is 5.15. The fourth-order valence-corrected chi connectivity index (χ4v) is 3.76. The molecule has 118 valence electrons. The highest BCUT2D eigenvalue weighted by Crippen LogP contribution is 2.38. The largest absolute Gasteiger partial charge is 0.374 e. The Morgan fingerprint density at radius 1 is 1.24 bits per heavy atom. The molecule has 1 aromatic rings. The third kappa shape index (κ3) is 4.31. The first kappa shape index (κ1) is 16.5. The molecule has 0 saturated heterocycles. The Morgan fingerprint density at radius 3 is 2.48 bits per heavy atom. The Kier molecular flexibility index (Phi) is 6.25. The highest BCUT2D eigenvalue weighted by atomic mass is 16.5. The maximum absolute atomic E-state index is 6.30. The average molecular weight is 289 g/mol. The summed E-state index contributed by atoms with van der Waals surface area (Å²) in [5, 5.41) is 3.56. The Hall–Kier alpha value is -0.860. The lowest BCUT2D eigenvalue weighted by Crippen LogP contribution is -2.53. The van der Waals surface area contributed by atoms with Gasteiger partial charge in [0.25, 0.3) is 0 Å². The van der Waals surface area contributed by atoms with Crippen molar-refractivity contribution in [3.8, 4) is 0 Å². The smallest absolute Gasteiger partial charge is 0.0834 e. The van der Waals surface area contributed by atoms with E-state index in [2.05, 4.69) is 56.5 Å². The number of hydrogen-bond donors (Lipinski definition) is 1. The van der Waals surface area contributed by atoms with Gasteiger partial charge in [0.15, 0.2) is 0 Å². The van der Waals surface area contributed by atoms with Crippen molar-refractivity contribution in [1.82, 2.24) is 5.32 Å². The molecule has 21 heavy (non-hydrogen) atoms. The van der Waals surface area contributed by atoms with Gasteiger partial charge in [0.05, 0.1) is 5.60 Å². The fourth-order valence-electron chi connectivity index (χ4n) is 3.76. The topological polar surface area (TPSA) is 21.3 Å². The molecule has 1 aliphatic rings.